The Labute approximate surface area is 202 Å². The predicted octanol–water partition coefficient (Wildman–Crippen LogP) is 6.52. The monoisotopic (exact) mass is 515 g/mol. The summed E-state index contributed by atoms with van der Waals surface area (Å²) in [5, 5.41) is 0. The number of benzene rings is 1. The molecular weight excluding hydrogens is 486 g/mol. The van der Waals surface area contributed by atoms with Crippen molar-refractivity contribution < 1.29 is 9.53 Å². The zero-order valence-corrected chi connectivity index (χ0v) is 21.8. The van der Waals surface area contributed by atoms with E-state index in [1.165, 1.54) is 27.1 Å². The van der Waals surface area contributed by atoms with Crippen LogP contribution in [0.2, 0.25) is 0 Å². The van der Waals surface area contributed by atoms with Crippen molar-refractivity contribution in [2.24, 2.45) is 5.92 Å². The molecule has 4 rings (SSSR count). The Bertz CT molecular complexity index is 1140. The van der Waals surface area contributed by atoms with Gasteiger partial charge in [-0.3, -0.25) is 4.79 Å². The Morgan fingerprint density at radius 1 is 1.12 bits per heavy atom. The lowest BCUT2D eigenvalue weighted by molar-refractivity contribution is -0.144. The molecule has 32 heavy (non-hydrogen) atoms. The number of fused-ring (bicyclic) bond motifs is 1. The number of thiophene rings is 1. The fourth-order valence-electron chi connectivity index (χ4n) is 4.80. The molecular formula is C25H30BrN3O2S. The van der Waals surface area contributed by atoms with Crippen LogP contribution < -0.4 is 4.90 Å². The molecule has 0 bridgehead atoms. The maximum Gasteiger partial charge on any atom is 0.306 e. The molecule has 0 aliphatic carbocycles. The number of halogens is 1. The first-order valence-electron chi connectivity index (χ1n) is 11.2. The van der Waals surface area contributed by atoms with E-state index in [9.17, 15) is 4.79 Å². The number of rotatable bonds is 5. The van der Waals surface area contributed by atoms with E-state index in [1.807, 2.05) is 13.8 Å². The average molecular weight is 517 g/mol. The van der Waals surface area contributed by atoms with E-state index < -0.39 is 0 Å². The molecule has 1 aromatic carbocycles. The summed E-state index contributed by atoms with van der Waals surface area (Å²) in [6, 6.07) is 4.35. The van der Waals surface area contributed by atoms with Crippen LogP contribution in [0.1, 0.15) is 48.0 Å². The largest absolute Gasteiger partial charge is 0.466 e. The molecule has 0 radical (unpaired) electrons. The Morgan fingerprint density at radius 2 is 1.78 bits per heavy atom. The molecule has 0 amide bonds. The van der Waals surface area contributed by atoms with Crippen LogP contribution in [-0.2, 0) is 9.53 Å². The number of aromatic nitrogens is 2. The maximum atomic E-state index is 11.9. The van der Waals surface area contributed by atoms with Gasteiger partial charge in [0.2, 0.25) is 0 Å². The van der Waals surface area contributed by atoms with Gasteiger partial charge in [-0.25, -0.2) is 9.97 Å². The van der Waals surface area contributed by atoms with Crippen molar-refractivity contribution in [3.63, 3.8) is 0 Å². The molecule has 0 unspecified atom stereocenters. The Hall–Kier alpha value is -1.99. The van der Waals surface area contributed by atoms with E-state index >= 15 is 0 Å². The van der Waals surface area contributed by atoms with Crippen molar-refractivity contribution in [3.05, 3.63) is 38.4 Å². The third-order valence-electron chi connectivity index (χ3n) is 6.23. The Kier molecular flexibility index (Phi) is 6.86. The van der Waals surface area contributed by atoms with E-state index in [1.54, 1.807) is 11.3 Å². The molecule has 3 heterocycles. The van der Waals surface area contributed by atoms with Crippen molar-refractivity contribution in [3.8, 4) is 11.1 Å². The summed E-state index contributed by atoms with van der Waals surface area (Å²) in [6.07, 6.45) is 2.47. The zero-order chi connectivity index (χ0) is 23.0. The van der Waals surface area contributed by atoms with Gasteiger partial charge in [-0.15, -0.1) is 11.3 Å². The number of ether oxygens (including phenoxy) is 1. The van der Waals surface area contributed by atoms with Crippen molar-refractivity contribution in [2.45, 2.75) is 53.9 Å². The number of anilines is 1. The van der Waals surface area contributed by atoms with Crippen LogP contribution in [0.5, 0.6) is 0 Å². The number of hydrogen-bond acceptors (Lipinski definition) is 6. The molecule has 2 aromatic heterocycles. The fourth-order valence-corrected chi connectivity index (χ4v) is 6.60. The number of piperidine rings is 1. The molecule has 0 N–H and O–H groups in total. The second kappa shape index (κ2) is 9.48. The van der Waals surface area contributed by atoms with Gasteiger partial charge in [-0.05, 0) is 82.2 Å². The first-order valence-corrected chi connectivity index (χ1v) is 12.8. The second-order valence-electron chi connectivity index (χ2n) is 8.66. The molecule has 170 valence electrons. The van der Waals surface area contributed by atoms with Gasteiger partial charge in [0.1, 0.15) is 11.6 Å². The standard InChI is InChI=1S/C25H30BrN3O2S/c1-6-31-20(30)13-18-7-9-29(10-8-18)25-24-23(27-17(5)28-25)22(16(4)32-24)21-14(2)11-19(26)12-15(21)3/h11-12,18H,6-10,13H2,1-5H3. The van der Waals surface area contributed by atoms with Gasteiger partial charge in [0, 0.05) is 34.4 Å². The topological polar surface area (TPSA) is 55.3 Å². The molecule has 0 atom stereocenters. The highest BCUT2D eigenvalue weighted by molar-refractivity contribution is 9.10. The van der Waals surface area contributed by atoms with Crippen LogP contribution in [0.4, 0.5) is 5.82 Å². The first kappa shape index (κ1) is 23.2. The fraction of sp³-hybridized carbons (Fsp3) is 0.480. The molecule has 1 fully saturated rings. The predicted molar refractivity (Wildman–Crippen MR) is 136 cm³/mol. The molecule has 1 saturated heterocycles. The lowest BCUT2D eigenvalue weighted by Gasteiger charge is -2.32. The summed E-state index contributed by atoms with van der Waals surface area (Å²) < 4.78 is 7.40. The van der Waals surface area contributed by atoms with E-state index in [4.69, 9.17) is 14.7 Å². The van der Waals surface area contributed by atoms with Crippen LogP contribution in [0.3, 0.4) is 0 Å². The first-order chi connectivity index (χ1) is 15.3. The van der Waals surface area contributed by atoms with Crippen LogP contribution in [0.15, 0.2) is 16.6 Å². The van der Waals surface area contributed by atoms with Gasteiger partial charge in [0.05, 0.1) is 16.8 Å². The van der Waals surface area contributed by atoms with Crippen LogP contribution in [0.25, 0.3) is 21.3 Å². The quantitative estimate of drug-likeness (QED) is 0.361. The van der Waals surface area contributed by atoms with Crippen molar-refractivity contribution in [2.75, 3.05) is 24.6 Å². The third-order valence-corrected chi connectivity index (χ3v) is 7.77. The second-order valence-corrected chi connectivity index (χ2v) is 10.8. The molecule has 5 nitrogen and oxygen atoms in total. The van der Waals surface area contributed by atoms with Gasteiger partial charge in [0.25, 0.3) is 0 Å². The third kappa shape index (κ3) is 4.55. The molecule has 3 aromatic rings. The number of aryl methyl sites for hydroxylation is 4. The van der Waals surface area contributed by atoms with Crippen molar-refractivity contribution in [1.29, 1.82) is 0 Å². The Morgan fingerprint density at radius 3 is 2.41 bits per heavy atom. The number of hydrogen-bond donors (Lipinski definition) is 0. The van der Waals surface area contributed by atoms with E-state index in [2.05, 4.69) is 53.7 Å². The summed E-state index contributed by atoms with van der Waals surface area (Å²) in [7, 11) is 0. The minimum atomic E-state index is -0.0787. The highest BCUT2D eigenvalue weighted by atomic mass is 79.9. The van der Waals surface area contributed by atoms with Gasteiger partial charge < -0.3 is 9.64 Å². The van der Waals surface area contributed by atoms with Crippen LogP contribution >= 0.6 is 27.3 Å². The maximum absolute atomic E-state index is 11.9. The highest BCUT2D eigenvalue weighted by Gasteiger charge is 2.27. The number of carbonyl (C=O) groups excluding carboxylic acids is 1. The smallest absolute Gasteiger partial charge is 0.306 e. The van der Waals surface area contributed by atoms with Crippen molar-refractivity contribution >= 4 is 49.3 Å². The minimum absolute atomic E-state index is 0.0787. The zero-order valence-electron chi connectivity index (χ0n) is 19.4. The minimum Gasteiger partial charge on any atom is -0.466 e. The van der Waals surface area contributed by atoms with Gasteiger partial charge in [0.15, 0.2) is 0 Å². The normalized spacial score (nSPS) is 14.9. The summed E-state index contributed by atoms with van der Waals surface area (Å²) in [5.74, 6) is 2.14. The molecule has 7 heteroatoms. The average Bonchev–Trinajstić information content (AvgIpc) is 3.03. The Balaban J connectivity index is 1.69. The lowest BCUT2D eigenvalue weighted by atomic mass is 9.93. The van der Waals surface area contributed by atoms with Gasteiger partial charge >= 0.3 is 5.97 Å². The molecule has 1 aliphatic rings. The summed E-state index contributed by atoms with van der Waals surface area (Å²) in [5.41, 5.74) is 6.05. The number of carbonyl (C=O) groups is 1. The van der Waals surface area contributed by atoms with E-state index in [-0.39, 0.29) is 5.97 Å². The number of nitrogens with zero attached hydrogens (tertiary/aromatic N) is 3. The SMILES string of the molecule is CCOC(=O)CC1CCN(c2nc(C)nc3c(-c4c(C)cc(Br)cc4C)c(C)sc23)CC1. The molecule has 1 aliphatic heterocycles. The summed E-state index contributed by atoms with van der Waals surface area (Å²) in [6.45, 7) is 12.6. The number of esters is 1. The summed E-state index contributed by atoms with van der Waals surface area (Å²) in [4.78, 5) is 25.3. The van der Waals surface area contributed by atoms with Gasteiger partial charge in [-0.1, -0.05) is 15.9 Å². The molecule has 0 spiro atoms. The van der Waals surface area contributed by atoms with E-state index in [0.29, 0.717) is 18.9 Å². The highest BCUT2D eigenvalue weighted by Crippen LogP contribution is 2.44. The summed E-state index contributed by atoms with van der Waals surface area (Å²) >= 11 is 5.41. The lowest BCUT2D eigenvalue weighted by Crippen LogP contribution is -2.35. The van der Waals surface area contributed by atoms with Crippen molar-refractivity contribution in [1.82, 2.24) is 9.97 Å². The van der Waals surface area contributed by atoms with Crippen LogP contribution in [0, 0.1) is 33.6 Å². The van der Waals surface area contributed by atoms with Gasteiger partial charge in [-0.2, -0.15) is 0 Å². The van der Waals surface area contributed by atoms with E-state index in [0.717, 1.165) is 52.3 Å². The van der Waals surface area contributed by atoms with Crippen LogP contribution in [-0.4, -0.2) is 35.6 Å². The molecule has 0 saturated carbocycles.